The summed E-state index contributed by atoms with van der Waals surface area (Å²) in [6.45, 7) is 6.97. The van der Waals surface area contributed by atoms with E-state index < -0.39 is 11.6 Å². The summed E-state index contributed by atoms with van der Waals surface area (Å²) in [5.41, 5.74) is 1.55. The van der Waals surface area contributed by atoms with Gasteiger partial charge in [0.15, 0.2) is 0 Å². The molecule has 1 saturated heterocycles. The average molecular weight is 332 g/mol. The average Bonchev–Trinajstić information content (AvgIpc) is 3.01. The number of benzene rings is 1. The number of hydrogen-bond donors (Lipinski definition) is 1. The molecule has 1 atom stereocenters. The van der Waals surface area contributed by atoms with E-state index in [4.69, 9.17) is 0 Å². The van der Waals surface area contributed by atoms with Crippen molar-refractivity contribution in [1.29, 1.82) is 0 Å². The SMILES string of the molecule is CCN1CCCC1CNc1ncc(-c2ccc(F)cc2F)c(C)n1. The molecule has 0 bridgehead atoms. The van der Waals surface area contributed by atoms with E-state index in [0.29, 0.717) is 28.8 Å². The lowest BCUT2D eigenvalue weighted by molar-refractivity contribution is 0.277. The van der Waals surface area contributed by atoms with Gasteiger partial charge in [-0.2, -0.15) is 0 Å². The summed E-state index contributed by atoms with van der Waals surface area (Å²) in [5, 5.41) is 3.28. The first-order valence-electron chi connectivity index (χ1n) is 8.35. The molecule has 4 nitrogen and oxygen atoms in total. The molecular formula is C18H22F2N4. The second-order valence-corrected chi connectivity index (χ2v) is 6.12. The number of aryl methyl sites for hydroxylation is 1. The molecule has 128 valence electrons. The second kappa shape index (κ2) is 7.21. The van der Waals surface area contributed by atoms with E-state index >= 15 is 0 Å². The maximum absolute atomic E-state index is 13.9. The van der Waals surface area contributed by atoms with Crippen LogP contribution in [0.15, 0.2) is 24.4 Å². The van der Waals surface area contributed by atoms with Gasteiger partial charge >= 0.3 is 0 Å². The molecule has 2 aromatic rings. The van der Waals surface area contributed by atoms with E-state index in [2.05, 4.69) is 27.1 Å². The molecule has 1 aliphatic rings. The number of likely N-dealkylation sites (tertiary alicyclic amines) is 1. The third-order valence-electron chi connectivity index (χ3n) is 4.60. The lowest BCUT2D eigenvalue weighted by atomic mass is 10.1. The van der Waals surface area contributed by atoms with Gasteiger partial charge in [0.25, 0.3) is 0 Å². The molecule has 0 aliphatic carbocycles. The van der Waals surface area contributed by atoms with E-state index in [1.54, 1.807) is 13.1 Å². The van der Waals surface area contributed by atoms with Crippen LogP contribution >= 0.6 is 0 Å². The summed E-state index contributed by atoms with van der Waals surface area (Å²) in [6, 6.07) is 4.04. The van der Waals surface area contributed by atoms with E-state index in [1.165, 1.54) is 25.0 Å². The van der Waals surface area contributed by atoms with Crippen LogP contribution in [0.4, 0.5) is 14.7 Å². The molecule has 1 aromatic heterocycles. The van der Waals surface area contributed by atoms with Crippen molar-refractivity contribution >= 4 is 5.95 Å². The third-order valence-corrected chi connectivity index (χ3v) is 4.60. The molecule has 1 aromatic carbocycles. The van der Waals surface area contributed by atoms with Gasteiger partial charge in [-0.3, -0.25) is 4.90 Å². The molecule has 0 radical (unpaired) electrons. The predicted molar refractivity (Wildman–Crippen MR) is 90.9 cm³/mol. The number of aromatic nitrogens is 2. The minimum absolute atomic E-state index is 0.313. The molecule has 0 amide bonds. The topological polar surface area (TPSA) is 41.0 Å². The van der Waals surface area contributed by atoms with E-state index in [9.17, 15) is 8.78 Å². The Morgan fingerprint density at radius 1 is 1.29 bits per heavy atom. The molecule has 3 rings (SSSR count). The minimum Gasteiger partial charge on any atom is -0.353 e. The Bertz CT molecular complexity index is 720. The summed E-state index contributed by atoms with van der Waals surface area (Å²) in [7, 11) is 0. The lowest BCUT2D eigenvalue weighted by Gasteiger charge is -2.23. The number of halogens is 2. The van der Waals surface area contributed by atoms with Crippen LogP contribution in [0.3, 0.4) is 0 Å². The first kappa shape index (κ1) is 16.8. The fraction of sp³-hybridized carbons (Fsp3) is 0.444. The van der Waals surface area contributed by atoms with Gasteiger partial charge in [0.1, 0.15) is 11.6 Å². The molecule has 2 heterocycles. The fourth-order valence-electron chi connectivity index (χ4n) is 3.28. The maximum Gasteiger partial charge on any atom is 0.222 e. The number of anilines is 1. The second-order valence-electron chi connectivity index (χ2n) is 6.12. The predicted octanol–water partition coefficient (Wildman–Crippen LogP) is 3.63. The third kappa shape index (κ3) is 3.53. The van der Waals surface area contributed by atoms with Crippen molar-refractivity contribution < 1.29 is 8.78 Å². The molecule has 1 fully saturated rings. The quantitative estimate of drug-likeness (QED) is 0.908. The lowest BCUT2D eigenvalue weighted by Crippen LogP contribution is -2.34. The Balaban J connectivity index is 1.73. The van der Waals surface area contributed by atoms with Crippen molar-refractivity contribution in [2.24, 2.45) is 0 Å². The van der Waals surface area contributed by atoms with Crippen LogP contribution in [-0.2, 0) is 0 Å². The Morgan fingerprint density at radius 2 is 2.12 bits per heavy atom. The van der Waals surface area contributed by atoms with Crippen LogP contribution in [-0.4, -0.2) is 40.5 Å². The largest absolute Gasteiger partial charge is 0.353 e. The number of rotatable bonds is 5. The molecule has 0 spiro atoms. The molecule has 0 saturated carbocycles. The standard InChI is InChI=1S/C18H22F2N4/c1-3-24-8-4-5-14(24)10-21-18-22-11-16(12(2)23-18)15-7-6-13(19)9-17(15)20/h6-7,9,11,14H,3-5,8,10H2,1-2H3,(H,21,22,23). The van der Waals surface area contributed by atoms with Crippen molar-refractivity contribution in [3.05, 3.63) is 41.7 Å². The van der Waals surface area contributed by atoms with Crippen LogP contribution in [0.2, 0.25) is 0 Å². The van der Waals surface area contributed by atoms with Crippen molar-refractivity contribution in [2.45, 2.75) is 32.7 Å². The van der Waals surface area contributed by atoms with Crippen LogP contribution < -0.4 is 5.32 Å². The monoisotopic (exact) mass is 332 g/mol. The molecule has 1 N–H and O–H groups in total. The Kier molecular flexibility index (Phi) is 5.04. The summed E-state index contributed by atoms with van der Waals surface area (Å²) in [6.07, 6.45) is 3.99. The zero-order chi connectivity index (χ0) is 17.1. The Labute approximate surface area is 140 Å². The Morgan fingerprint density at radius 3 is 2.83 bits per heavy atom. The van der Waals surface area contributed by atoms with Crippen LogP contribution in [0.5, 0.6) is 0 Å². The van der Waals surface area contributed by atoms with Crippen LogP contribution in [0.25, 0.3) is 11.1 Å². The van der Waals surface area contributed by atoms with Crippen molar-refractivity contribution in [1.82, 2.24) is 14.9 Å². The van der Waals surface area contributed by atoms with Gasteiger partial charge in [0.05, 0.1) is 5.69 Å². The first-order chi connectivity index (χ1) is 11.6. The number of likely N-dealkylation sites (N-methyl/N-ethyl adjacent to an activating group) is 1. The van der Waals surface area contributed by atoms with Crippen molar-refractivity contribution in [3.8, 4) is 11.1 Å². The number of hydrogen-bond acceptors (Lipinski definition) is 4. The number of nitrogens with zero attached hydrogens (tertiary/aromatic N) is 3. The molecule has 1 aliphatic heterocycles. The van der Waals surface area contributed by atoms with Gasteiger partial charge in [-0.25, -0.2) is 18.7 Å². The fourth-order valence-corrected chi connectivity index (χ4v) is 3.28. The highest BCUT2D eigenvalue weighted by molar-refractivity contribution is 5.66. The molecule has 1 unspecified atom stereocenters. The Hall–Kier alpha value is -2.08. The smallest absolute Gasteiger partial charge is 0.222 e. The summed E-state index contributed by atoms with van der Waals surface area (Å²) in [5.74, 6) is -0.654. The normalized spacial score (nSPS) is 18.1. The van der Waals surface area contributed by atoms with Gasteiger partial charge in [0, 0.05) is 36.0 Å². The molecule has 24 heavy (non-hydrogen) atoms. The molecule has 6 heteroatoms. The molecular weight excluding hydrogens is 310 g/mol. The zero-order valence-corrected chi connectivity index (χ0v) is 14.0. The zero-order valence-electron chi connectivity index (χ0n) is 14.0. The maximum atomic E-state index is 13.9. The van der Waals surface area contributed by atoms with Gasteiger partial charge < -0.3 is 5.32 Å². The highest BCUT2D eigenvalue weighted by Crippen LogP contribution is 2.26. The van der Waals surface area contributed by atoms with Gasteiger partial charge in [-0.15, -0.1) is 0 Å². The van der Waals surface area contributed by atoms with Gasteiger partial charge in [-0.1, -0.05) is 6.92 Å². The van der Waals surface area contributed by atoms with E-state index in [0.717, 1.165) is 25.7 Å². The van der Waals surface area contributed by atoms with E-state index in [1.807, 2.05) is 0 Å². The van der Waals surface area contributed by atoms with Crippen LogP contribution in [0, 0.1) is 18.6 Å². The summed E-state index contributed by atoms with van der Waals surface area (Å²) < 4.78 is 27.0. The van der Waals surface area contributed by atoms with Crippen molar-refractivity contribution in [3.63, 3.8) is 0 Å². The van der Waals surface area contributed by atoms with E-state index in [-0.39, 0.29) is 0 Å². The van der Waals surface area contributed by atoms with Gasteiger partial charge in [0.2, 0.25) is 5.95 Å². The highest BCUT2D eigenvalue weighted by Gasteiger charge is 2.22. The highest BCUT2D eigenvalue weighted by atomic mass is 19.1. The van der Waals surface area contributed by atoms with Gasteiger partial charge in [-0.05, 0) is 45.0 Å². The number of nitrogens with one attached hydrogen (secondary N) is 1. The summed E-state index contributed by atoms with van der Waals surface area (Å²) >= 11 is 0. The van der Waals surface area contributed by atoms with Crippen molar-refractivity contribution in [2.75, 3.05) is 25.0 Å². The first-order valence-corrected chi connectivity index (χ1v) is 8.35. The van der Waals surface area contributed by atoms with Crippen LogP contribution in [0.1, 0.15) is 25.5 Å². The minimum atomic E-state index is -0.605. The summed E-state index contributed by atoms with van der Waals surface area (Å²) in [4.78, 5) is 11.2.